The Balaban J connectivity index is 1.51. The lowest BCUT2D eigenvalue weighted by molar-refractivity contribution is -0.141. The van der Waals surface area contributed by atoms with Gasteiger partial charge in [-0.3, -0.25) is 4.79 Å². The molecule has 38 heavy (non-hydrogen) atoms. The third kappa shape index (κ3) is 6.90. The first-order valence-electron chi connectivity index (χ1n) is 12.2. The number of hydrogen-bond donors (Lipinski definition) is 3. The van der Waals surface area contributed by atoms with E-state index >= 15 is 0 Å². The largest absolute Gasteiger partial charge is 0.433 e. The highest BCUT2D eigenvalue weighted by Gasteiger charge is 2.33. The van der Waals surface area contributed by atoms with Crippen molar-refractivity contribution in [3.8, 4) is 11.4 Å². The second-order valence-electron chi connectivity index (χ2n) is 9.39. The van der Waals surface area contributed by atoms with Gasteiger partial charge in [-0.25, -0.2) is 18.7 Å². The van der Waals surface area contributed by atoms with Crippen LogP contribution in [0, 0.1) is 11.6 Å². The van der Waals surface area contributed by atoms with Crippen molar-refractivity contribution in [2.24, 2.45) is 0 Å². The number of fused-ring (bicyclic) bond motifs is 1. The van der Waals surface area contributed by atoms with Crippen molar-refractivity contribution >= 4 is 5.91 Å². The molecule has 3 unspecified atom stereocenters. The summed E-state index contributed by atoms with van der Waals surface area (Å²) in [4.78, 5) is 19.4. The van der Waals surface area contributed by atoms with Crippen LogP contribution in [0.25, 0.3) is 11.4 Å². The lowest BCUT2D eigenvalue weighted by Crippen LogP contribution is -2.48. The van der Waals surface area contributed by atoms with Crippen LogP contribution in [-0.4, -0.2) is 39.7 Å². The average Bonchev–Trinajstić information content (AvgIpc) is 2.85. The van der Waals surface area contributed by atoms with Crippen LogP contribution in [0.3, 0.4) is 0 Å². The van der Waals surface area contributed by atoms with Crippen molar-refractivity contribution in [3.05, 3.63) is 82.7 Å². The summed E-state index contributed by atoms with van der Waals surface area (Å²) in [6.45, 7) is 1.34. The van der Waals surface area contributed by atoms with Gasteiger partial charge in [-0.05, 0) is 66.6 Å². The van der Waals surface area contributed by atoms with E-state index in [-0.39, 0.29) is 30.4 Å². The molecule has 0 radical (unpaired) electrons. The molecule has 1 amide bonds. The molecule has 0 bridgehead atoms. The molecule has 2 aromatic carbocycles. The van der Waals surface area contributed by atoms with Gasteiger partial charge in [-0.2, -0.15) is 13.2 Å². The number of aliphatic hydroxyl groups excluding tert-OH is 1. The summed E-state index contributed by atoms with van der Waals surface area (Å²) in [6, 6.07) is 8.12. The van der Waals surface area contributed by atoms with Gasteiger partial charge in [0.15, 0.2) is 5.82 Å². The third-order valence-electron chi connectivity index (χ3n) is 6.47. The first-order chi connectivity index (χ1) is 18.0. The zero-order chi connectivity index (χ0) is 27.4. The second kappa shape index (κ2) is 11.5. The Kier molecular flexibility index (Phi) is 8.37. The van der Waals surface area contributed by atoms with Crippen LogP contribution >= 0.6 is 0 Å². The lowest BCUT2D eigenvalue weighted by Gasteiger charge is -2.30. The Morgan fingerprint density at radius 3 is 2.55 bits per heavy atom. The molecule has 0 fully saturated rings. The first-order valence-corrected chi connectivity index (χ1v) is 12.2. The number of rotatable bonds is 8. The minimum absolute atomic E-state index is 0.00932. The van der Waals surface area contributed by atoms with E-state index in [0.717, 1.165) is 54.4 Å². The molecule has 1 aliphatic carbocycles. The van der Waals surface area contributed by atoms with Gasteiger partial charge in [-0.1, -0.05) is 12.1 Å². The minimum atomic E-state index is -4.59. The quantitative estimate of drug-likeness (QED) is 0.370. The summed E-state index contributed by atoms with van der Waals surface area (Å²) in [5.74, 6) is -1.96. The van der Waals surface area contributed by atoms with Crippen molar-refractivity contribution < 1.29 is 31.9 Å². The zero-order valence-corrected chi connectivity index (χ0v) is 20.5. The maximum atomic E-state index is 13.6. The normalized spacial score (nSPS) is 17.0. The molecule has 3 aromatic rings. The Labute approximate surface area is 216 Å². The van der Waals surface area contributed by atoms with Crippen LogP contribution in [0.4, 0.5) is 22.0 Å². The number of nitrogens with one attached hydrogen (secondary N) is 2. The van der Waals surface area contributed by atoms with E-state index in [2.05, 4.69) is 20.6 Å². The van der Waals surface area contributed by atoms with Gasteiger partial charge < -0.3 is 15.7 Å². The smallest absolute Gasteiger partial charge is 0.390 e. The Morgan fingerprint density at radius 1 is 1.13 bits per heavy atom. The summed E-state index contributed by atoms with van der Waals surface area (Å²) in [6.07, 6.45) is -2.23. The number of aliphatic hydroxyl groups is 1. The number of nitrogens with zero attached hydrogens (tertiary/aromatic N) is 2. The highest BCUT2D eigenvalue weighted by Crippen LogP contribution is 2.34. The molecule has 1 heterocycles. The van der Waals surface area contributed by atoms with Crippen molar-refractivity contribution in [1.82, 2.24) is 20.6 Å². The molecule has 0 aliphatic heterocycles. The SMILES string of the molecule is CC(=O)NC(Cc1cc(F)cc(F)c1)C(O)CNC1CCCc2ccc(-c3nccc(C(F)(F)F)n3)cc21. The lowest BCUT2D eigenvalue weighted by atomic mass is 9.86. The Bertz CT molecular complexity index is 1280. The van der Waals surface area contributed by atoms with Crippen LogP contribution in [-0.2, 0) is 23.8 Å². The fourth-order valence-electron chi connectivity index (χ4n) is 4.74. The molecule has 3 atom stereocenters. The summed E-state index contributed by atoms with van der Waals surface area (Å²) < 4.78 is 66.7. The fourth-order valence-corrected chi connectivity index (χ4v) is 4.74. The maximum Gasteiger partial charge on any atom is 0.433 e. The molecule has 0 saturated heterocycles. The average molecular weight is 535 g/mol. The number of carbonyl (C=O) groups excluding carboxylic acids is 1. The number of benzene rings is 2. The van der Waals surface area contributed by atoms with Gasteiger partial charge >= 0.3 is 6.18 Å². The molecular weight excluding hydrogens is 507 g/mol. The molecule has 4 rings (SSSR count). The second-order valence-corrected chi connectivity index (χ2v) is 9.39. The molecule has 3 N–H and O–H groups in total. The summed E-state index contributed by atoms with van der Waals surface area (Å²) in [7, 11) is 0. The van der Waals surface area contributed by atoms with Crippen LogP contribution in [0.5, 0.6) is 0 Å². The summed E-state index contributed by atoms with van der Waals surface area (Å²) in [5.41, 5.74) is 1.58. The van der Waals surface area contributed by atoms with Gasteiger partial charge in [-0.15, -0.1) is 0 Å². The fraction of sp³-hybridized carbons (Fsp3) is 0.370. The number of aryl methyl sites for hydroxylation is 1. The molecule has 11 heteroatoms. The topological polar surface area (TPSA) is 87.1 Å². The van der Waals surface area contributed by atoms with E-state index in [1.165, 1.54) is 6.92 Å². The van der Waals surface area contributed by atoms with Gasteiger partial charge in [0.25, 0.3) is 0 Å². The van der Waals surface area contributed by atoms with Gasteiger partial charge in [0.1, 0.15) is 17.3 Å². The van der Waals surface area contributed by atoms with E-state index in [1.54, 1.807) is 12.1 Å². The first kappa shape index (κ1) is 27.6. The Morgan fingerprint density at radius 2 is 1.87 bits per heavy atom. The van der Waals surface area contributed by atoms with Gasteiger partial charge in [0.05, 0.1) is 12.1 Å². The monoisotopic (exact) mass is 534 g/mol. The van der Waals surface area contributed by atoms with E-state index < -0.39 is 41.6 Å². The highest BCUT2D eigenvalue weighted by atomic mass is 19.4. The molecule has 0 spiro atoms. The van der Waals surface area contributed by atoms with Gasteiger partial charge in [0, 0.05) is 37.3 Å². The van der Waals surface area contributed by atoms with Crippen LogP contribution in [0.1, 0.15) is 48.2 Å². The molecule has 0 saturated carbocycles. The molecular formula is C27H27F5N4O2. The van der Waals surface area contributed by atoms with Crippen molar-refractivity contribution in [2.75, 3.05) is 6.54 Å². The minimum Gasteiger partial charge on any atom is -0.390 e. The van der Waals surface area contributed by atoms with Crippen molar-refractivity contribution in [3.63, 3.8) is 0 Å². The molecule has 1 aliphatic rings. The van der Waals surface area contributed by atoms with Crippen LogP contribution in [0.2, 0.25) is 0 Å². The Hall–Kier alpha value is -3.44. The molecule has 1 aromatic heterocycles. The summed E-state index contributed by atoms with van der Waals surface area (Å²) in [5, 5.41) is 16.8. The number of halogens is 5. The highest BCUT2D eigenvalue weighted by molar-refractivity contribution is 5.73. The van der Waals surface area contributed by atoms with Crippen molar-refractivity contribution in [2.45, 2.75) is 57.0 Å². The van der Waals surface area contributed by atoms with E-state index in [4.69, 9.17) is 0 Å². The van der Waals surface area contributed by atoms with Crippen molar-refractivity contribution in [1.29, 1.82) is 0 Å². The number of amides is 1. The third-order valence-corrected chi connectivity index (χ3v) is 6.47. The van der Waals surface area contributed by atoms with E-state index in [0.29, 0.717) is 12.0 Å². The number of hydrogen-bond acceptors (Lipinski definition) is 5. The van der Waals surface area contributed by atoms with Crippen LogP contribution in [0.15, 0.2) is 48.7 Å². The molecule has 202 valence electrons. The number of carbonyl (C=O) groups is 1. The zero-order valence-electron chi connectivity index (χ0n) is 20.5. The van der Waals surface area contributed by atoms with E-state index in [9.17, 15) is 31.9 Å². The predicted molar refractivity (Wildman–Crippen MR) is 130 cm³/mol. The number of aromatic nitrogens is 2. The summed E-state index contributed by atoms with van der Waals surface area (Å²) >= 11 is 0. The molecule has 6 nitrogen and oxygen atoms in total. The number of alkyl halides is 3. The predicted octanol–water partition coefficient (Wildman–Crippen LogP) is 4.52. The van der Waals surface area contributed by atoms with Gasteiger partial charge in [0.2, 0.25) is 5.91 Å². The van der Waals surface area contributed by atoms with E-state index in [1.807, 2.05) is 6.07 Å². The standard InChI is InChI=1S/C27H27F5N4O2/c1-15(37)35-23(11-16-9-19(28)13-20(29)10-16)24(38)14-34-22-4-2-3-17-5-6-18(12-21(17)22)26-33-8-7-25(36-26)27(30,31)32/h5-10,12-13,22-24,34,38H,2-4,11,14H2,1H3,(H,35,37). The van der Waals surface area contributed by atoms with Crippen LogP contribution < -0.4 is 10.6 Å². The maximum absolute atomic E-state index is 13.6.